The molecular weight excluding hydrogens is 370 g/mol. The summed E-state index contributed by atoms with van der Waals surface area (Å²) >= 11 is 0. The Bertz CT molecular complexity index is 712. The van der Waals surface area contributed by atoms with Gasteiger partial charge in [0.15, 0.2) is 0 Å². The highest BCUT2D eigenvalue weighted by molar-refractivity contribution is 5.97. The van der Waals surface area contributed by atoms with E-state index >= 15 is 0 Å². The number of morpholine rings is 1. The maximum Gasteiger partial charge on any atom is 0.265 e. The standard InChI is InChI=1S/C19H26F2N4O3/c20-18(21)14-8-13(4-5-16(14)25-6-7-28-11-17(25)26)24-19(27)15(9-22)23-10-12-2-1-3-12/h4-5,8,12,15,18,23H,1-3,6-7,9-11,22H2,(H,24,27)/t15-/m0/s1. The van der Waals surface area contributed by atoms with E-state index in [1.54, 1.807) is 0 Å². The van der Waals surface area contributed by atoms with Crippen LogP contribution in [0.5, 0.6) is 0 Å². The lowest BCUT2D eigenvalue weighted by molar-refractivity contribution is -0.125. The molecule has 0 unspecified atom stereocenters. The number of carbonyl (C=O) groups is 2. The normalized spacial score (nSPS) is 18.9. The van der Waals surface area contributed by atoms with Crippen LogP contribution < -0.4 is 21.3 Å². The van der Waals surface area contributed by atoms with Crippen molar-refractivity contribution in [2.75, 3.05) is 43.1 Å². The number of hydrogen-bond donors (Lipinski definition) is 3. The molecule has 1 atom stereocenters. The van der Waals surface area contributed by atoms with Crippen molar-refractivity contribution in [3.63, 3.8) is 0 Å². The molecule has 1 aliphatic carbocycles. The van der Waals surface area contributed by atoms with Crippen molar-refractivity contribution >= 4 is 23.2 Å². The molecule has 1 heterocycles. The third kappa shape index (κ3) is 4.84. The molecule has 2 aliphatic rings. The minimum atomic E-state index is -2.79. The first-order valence-corrected chi connectivity index (χ1v) is 9.54. The molecule has 0 aromatic heterocycles. The molecule has 3 rings (SSSR count). The van der Waals surface area contributed by atoms with E-state index in [1.807, 2.05) is 0 Å². The summed E-state index contributed by atoms with van der Waals surface area (Å²) in [5, 5.41) is 5.79. The van der Waals surface area contributed by atoms with Crippen LogP contribution in [0.1, 0.15) is 31.3 Å². The Morgan fingerprint density at radius 2 is 2.14 bits per heavy atom. The SMILES string of the molecule is NC[C@H](NCC1CCC1)C(=O)Nc1ccc(N2CCOCC2=O)c(C(F)F)c1. The molecule has 9 heteroatoms. The number of hydrogen-bond acceptors (Lipinski definition) is 5. The molecule has 7 nitrogen and oxygen atoms in total. The number of alkyl halides is 2. The summed E-state index contributed by atoms with van der Waals surface area (Å²) in [4.78, 5) is 25.7. The molecule has 1 saturated heterocycles. The Balaban J connectivity index is 1.70. The van der Waals surface area contributed by atoms with Gasteiger partial charge in [0.05, 0.1) is 18.3 Å². The van der Waals surface area contributed by atoms with Crippen molar-refractivity contribution in [1.82, 2.24) is 5.32 Å². The maximum atomic E-state index is 13.6. The van der Waals surface area contributed by atoms with Crippen LogP contribution in [0.3, 0.4) is 0 Å². The smallest absolute Gasteiger partial charge is 0.265 e. The topological polar surface area (TPSA) is 96.7 Å². The molecule has 4 N–H and O–H groups in total. The van der Waals surface area contributed by atoms with E-state index in [2.05, 4.69) is 10.6 Å². The average Bonchev–Trinajstić information content (AvgIpc) is 2.64. The van der Waals surface area contributed by atoms with Gasteiger partial charge in [-0.1, -0.05) is 6.42 Å². The second-order valence-electron chi connectivity index (χ2n) is 7.15. The van der Waals surface area contributed by atoms with Gasteiger partial charge >= 0.3 is 0 Å². The first-order valence-electron chi connectivity index (χ1n) is 9.54. The zero-order valence-electron chi connectivity index (χ0n) is 15.6. The van der Waals surface area contributed by atoms with Crippen LogP contribution in [0, 0.1) is 5.92 Å². The minimum Gasteiger partial charge on any atom is -0.370 e. The molecule has 1 aliphatic heterocycles. The number of ether oxygens (including phenoxy) is 1. The van der Waals surface area contributed by atoms with Gasteiger partial charge in [0.1, 0.15) is 6.61 Å². The van der Waals surface area contributed by atoms with Gasteiger partial charge in [-0.25, -0.2) is 8.78 Å². The molecule has 0 radical (unpaired) electrons. The van der Waals surface area contributed by atoms with Gasteiger partial charge in [-0.15, -0.1) is 0 Å². The summed E-state index contributed by atoms with van der Waals surface area (Å²) in [7, 11) is 0. The molecule has 1 aromatic carbocycles. The summed E-state index contributed by atoms with van der Waals surface area (Å²) < 4.78 is 32.2. The van der Waals surface area contributed by atoms with Crippen molar-refractivity contribution in [1.29, 1.82) is 0 Å². The molecule has 28 heavy (non-hydrogen) atoms. The molecule has 1 saturated carbocycles. The van der Waals surface area contributed by atoms with Gasteiger partial charge in [0.25, 0.3) is 12.3 Å². The van der Waals surface area contributed by atoms with Gasteiger partial charge in [0.2, 0.25) is 5.91 Å². The number of amides is 2. The molecule has 1 aromatic rings. The molecule has 2 amide bonds. The second kappa shape index (κ2) is 9.40. The van der Waals surface area contributed by atoms with Crippen LogP contribution in [-0.2, 0) is 14.3 Å². The number of anilines is 2. The van der Waals surface area contributed by atoms with Crippen LogP contribution in [0.25, 0.3) is 0 Å². The van der Waals surface area contributed by atoms with E-state index in [0.717, 1.165) is 19.4 Å². The Labute approximate surface area is 162 Å². The lowest BCUT2D eigenvalue weighted by atomic mass is 9.85. The number of rotatable bonds is 8. The highest BCUT2D eigenvalue weighted by Gasteiger charge is 2.26. The first kappa shape index (κ1) is 20.6. The summed E-state index contributed by atoms with van der Waals surface area (Å²) in [5.74, 6) is -0.164. The van der Waals surface area contributed by atoms with Gasteiger partial charge in [-0.05, 0) is 43.5 Å². The number of nitrogens with two attached hydrogens (primary N) is 1. The Kier molecular flexibility index (Phi) is 6.93. The zero-order chi connectivity index (χ0) is 20.1. The van der Waals surface area contributed by atoms with E-state index in [9.17, 15) is 18.4 Å². The molecular formula is C19H26F2N4O3. The van der Waals surface area contributed by atoms with Crippen molar-refractivity contribution in [3.8, 4) is 0 Å². The minimum absolute atomic E-state index is 0.112. The summed E-state index contributed by atoms with van der Waals surface area (Å²) in [6, 6.07) is 3.57. The van der Waals surface area contributed by atoms with E-state index in [4.69, 9.17) is 10.5 Å². The van der Waals surface area contributed by atoms with Crippen molar-refractivity contribution in [2.45, 2.75) is 31.7 Å². The summed E-state index contributed by atoms with van der Waals surface area (Å²) in [6.07, 6.45) is 0.710. The summed E-state index contributed by atoms with van der Waals surface area (Å²) in [6.45, 7) is 1.20. The van der Waals surface area contributed by atoms with E-state index in [-0.39, 0.29) is 55.1 Å². The molecule has 0 bridgehead atoms. The van der Waals surface area contributed by atoms with Crippen LogP contribution in [0.4, 0.5) is 20.2 Å². The number of nitrogens with zero attached hydrogens (tertiary/aromatic N) is 1. The number of carbonyl (C=O) groups excluding carboxylic acids is 2. The monoisotopic (exact) mass is 396 g/mol. The molecule has 0 spiro atoms. The lowest BCUT2D eigenvalue weighted by Gasteiger charge is -2.29. The van der Waals surface area contributed by atoms with Crippen molar-refractivity contribution < 1.29 is 23.1 Å². The molecule has 154 valence electrons. The number of nitrogens with one attached hydrogen (secondary N) is 2. The third-order valence-corrected chi connectivity index (χ3v) is 5.24. The lowest BCUT2D eigenvalue weighted by Crippen LogP contribution is -2.48. The van der Waals surface area contributed by atoms with Crippen LogP contribution in [0.15, 0.2) is 18.2 Å². The quantitative estimate of drug-likeness (QED) is 0.621. The fraction of sp³-hybridized carbons (Fsp3) is 0.579. The number of benzene rings is 1. The van der Waals surface area contributed by atoms with Crippen LogP contribution >= 0.6 is 0 Å². The van der Waals surface area contributed by atoms with E-state index < -0.39 is 12.5 Å². The average molecular weight is 396 g/mol. The summed E-state index contributed by atoms with van der Waals surface area (Å²) in [5.41, 5.74) is 5.77. The van der Waals surface area contributed by atoms with Crippen LogP contribution in [0.2, 0.25) is 0 Å². The third-order valence-electron chi connectivity index (χ3n) is 5.24. The Morgan fingerprint density at radius 3 is 2.75 bits per heavy atom. The van der Waals surface area contributed by atoms with Gasteiger partial charge in [-0.3, -0.25) is 9.59 Å². The second-order valence-corrected chi connectivity index (χ2v) is 7.15. The highest BCUT2D eigenvalue weighted by atomic mass is 19.3. The van der Waals surface area contributed by atoms with Crippen LogP contribution in [-0.4, -0.2) is 50.7 Å². The predicted molar refractivity (Wildman–Crippen MR) is 101 cm³/mol. The first-order chi connectivity index (χ1) is 13.5. The van der Waals surface area contributed by atoms with Gasteiger partial charge < -0.3 is 26.0 Å². The van der Waals surface area contributed by atoms with Gasteiger partial charge in [0, 0.05) is 24.3 Å². The fourth-order valence-electron chi connectivity index (χ4n) is 3.34. The van der Waals surface area contributed by atoms with E-state index in [0.29, 0.717) is 5.92 Å². The largest absolute Gasteiger partial charge is 0.370 e. The van der Waals surface area contributed by atoms with Gasteiger partial charge in [-0.2, -0.15) is 0 Å². The zero-order valence-corrected chi connectivity index (χ0v) is 15.6. The van der Waals surface area contributed by atoms with Crippen molar-refractivity contribution in [2.24, 2.45) is 11.7 Å². The number of halogens is 2. The van der Waals surface area contributed by atoms with E-state index in [1.165, 1.54) is 29.5 Å². The fourth-order valence-corrected chi connectivity index (χ4v) is 3.34. The Morgan fingerprint density at radius 1 is 1.36 bits per heavy atom. The highest BCUT2D eigenvalue weighted by Crippen LogP contribution is 2.33. The predicted octanol–water partition coefficient (Wildman–Crippen LogP) is 1.64. The molecule has 2 fully saturated rings. The van der Waals surface area contributed by atoms with Crippen molar-refractivity contribution in [3.05, 3.63) is 23.8 Å². The maximum absolute atomic E-state index is 13.6. The Hall–Kier alpha value is -2.10.